The van der Waals surface area contributed by atoms with Gasteiger partial charge in [0.1, 0.15) is 17.5 Å². The summed E-state index contributed by atoms with van der Waals surface area (Å²) in [5.74, 6) is 0.582. The van der Waals surface area contributed by atoms with Crippen molar-refractivity contribution in [3.8, 4) is 0 Å². The van der Waals surface area contributed by atoms with E-state index in [1.807, 2.05) is 47.9 Å². The molecule has 0 spiro atoms. The number of hydrogen-bond acceptors (Lipinski definition) is 3. The van der Waals surface area contributed by atoms with E-state index < -0.39 is 23.6 Å². The van der Waals surface area contributed by atoms with Crippen molar-refractivity contribution in [1.29, 1.82) is 0 Å². The molecule has 1 aliphatic carbocycles. The molecule has 4 rings (SSSR count). The highest BCUT2D eigenvalue weighted by atomic mass is 35.5. The molecule has 1 heterocycles. The molecule has 7 heteroatoms. The third-order valence-corrected chi connectivity index (χ3v) is 8.78. The molecule has 0 radical (unpaired) electrons. The van der Waals surface area contributed by atoms with E-state index in [4.69, 9.17) is 27.9 Å². The number of amides is 1. The van der Waals surface area contributed by atoms with Gasteiger partial charge in [-0.3, -0.25) is 4.79 Å². The minimum atomic E-state index is -1.10. The number of carbonyl (C=O) groups excluding carboxylic acids is 1. The predicted octanol–water partition coefficient (Wildman–Crippen LogP) is 8.42. The Morgan fingerprint density at radius 1 is 1.22 bits per heavy atom. The maximum absolute atomic E-state index is 14.8. The van der Waals surface area contributed by atoms with E-state index in [1.165, 1.54) is 6.07 Å². The molecule has 1 aliphatic heterocycles. The highest BCUT2D eigenvalue weighted by Crippen LogP contribution is 2.51. The number of benzene rings is 2. The third kappa shape index (κ3) is 5.96. The highest BCUT2D eigenvalue weighted by molar-refractivity contribution is 8.00. The van der Waals surface area contributed by atoms with Gasteiger partial charge in [0.25, 0.3) is 5.91 Å². The smallest absolute Gasteiger partial charge is 0.255 e. The lowest BCUT2D eigenvalue weighted by molar-refractivity contribution is -0.202. The van der Waals surface area contributed by atoms with Crippen molar-refractivity contribution in [3.63, 3.8) is 0 Å². The summed E-state index contributed by atoms with van der Waals surface area (Å²) in [4.78, 5) is 16.3. The molecule has 3 nitrogen and oxygen atoms in total. The van der Waals surface area contributed by atoms with Crippen LogP contribution < -0.4 is 0 Å². The topological polar surface area (TPSA) is 29.5 Å². The number of nitrogens with zero attached hydrogens (tertiary/aromatic N) is 1. The first-order valence-corrected chi connectivity index (χ1v) is 14.1. The fraction of sp³-hybridized carbons (Fsp3) is 0.483. The number of ether oxygens (including phenoxy) is 1. The summed E-state index contributed by atoms with van der Waals surface area (Å²) >= 11 is 14.3. The molecule has 1 saturated carbocycles. The Kier molecular flexibility index (Phi) is 8.16. The molecule has 36 heavy (non-hydrogen) atoms. The van der Waals surface area contributed by atoms with Crippen LogP contribution in [0.3, 0.4) is 0 Å². The van der Waals surface area contributed by atoms with Crippen LogP contribution in [-0.4, -0.2) is 32.9 Å². The summed E-state index contributed by atoms with van der Waals surface area (Å²) in [6, 6.07) is 11.7. The Hall–Kier alpha value is -1.53. The van der Waals surface area contributed by atoms with Crippen LogP contribution in [-0.2, 0) is 9.53 Å². The van der Waals surface area contributed by atoms with E-state index in [-0.39, 0.29) is 21.7 Å². The molecule has 1 saturated heterocycles. The maximum Gasteiger partial charge on any atom is 0.255 e. The van der Waals surface area contributed by atoms with Gasteiger partial charge in [-0.05, 0) is 61.1 Å². The summed E-state index contributed by atoms with van der Waals surface area (Å²) in [6.07, 6.45) is 3.69. The van der Waals surface area contributed by atoms with Gasteiger partial charge >= 0.3 is 0 Å². The normalized spacial score (nSPS) is 25.6. The SMILES string of the molecule is C=CC[C@@]1(C)O[C@H](c2cccc(Cl)c2)C(c2ccc(Cl)c(F)c2)N([C@H](CSC(C)(C)C)C2CC2)C1=O. The monoisotopic (exact) mass is 549 g/mol. The van der Waals surface area contributed by atoms with Crippen LogP contribution in [0.25, 0.3) is 0 Å². The molecule has 2 aromatic carbocycles. The molecule has 0 aromatic heterocycles. The van der Waals surface area contributed by atoms with Crippen LogP contribution >= 0.6 is 35.0 Å². The quantitative estimate of drug-likeness (QED) is 0.309. The minimum absolute atomic E-state index is 0.0137. The number of rotatable bonds is 8. The van der Waals surface area contributed by atoms with Crippen molar-refractivity contribution in [3.05, 3.63) is 82.1 Å². The molecule has 0 N–H and O–H groups in total. The first-order chi connectivity index (χ1) is 16.9. The van der Waals surface area contributed by atoms with Gasteiger partial charge in [0.2, 0.25) is 0 Å². The molecule has 194 valence electrons. The highest BCUT2D eigenvalue weighted by Gasteiger charge is 2.54. The van der Waals surface area contributed by atoms with Crippen LogP contribution in [0, 0.1) is 11.7 Å². The zero-order valence-electron chi connectivity index (χ0n) is 21.3. The average molecular weight is 551 g/mol. The van der Waals surface area contributed by atoms with Crippen molar-refractivity contribution in [2.24, 2.45) is 5.92 Å². The number of hydrogen-bond donors (Lipinski definition) is 0. The van der Waals surface area contributed by atoms with Crippen molar-refractivity contribution in [2.45, 2.75) is 75.5 Å². The molecule has 0 bridgehead atoms. The Balaban J connectivity index is 1.90. The molecule has 1 unspecified atom stereocenters. The number of morpholine rings is 1. The van der Waals surface area contributed by atoms with Gasteiger partial charge in [-0.1, -0.05) is 68.2 Å². The Morgan fingerprint density at radius 3 is 2.53 bits per heavy atom. The summed E-state index contributed by atoms with van der Waals surface area (Å²) < 4.78 is 21.5. The minimum Gasteiger partial charge on any atom is -0.355 e. The second-order valence-electron chi connectivity index (χ2n) is 11.0. The largest absolute Gasteiger partial charge is 0.355 e. The fourth-order valence-electron chi connectivity index (χ4n) is 4.93. The molecular weight excluding hydrogens is 516 g/mol. The first-order valence-electron chi connectivity index (χ1n) is 12.4. The van der Waals surface area contributed by atoms with Crippen LogP contribution in [0.5, 0.6) is 0 Å². The standard InChI is InChI=1S/C29H34Cl2FNO2S/c1-6-14-29(5)27(34)33(24(18-10-11-18)17-36-28(2,3)4)25(19-12-13-22(31)23(32)16-19)26(35-29)20-8-7-9-21(30)15-20/h6-9,12-13,15-16,18,24-26H,1,10-11,14,17H2,2-5H3/t24-,25?,26-,29-/m1/s1. The summed E-state index contributed by atoms with van der Waals surface area (Å²) in [6.45, 7) is 12.3. The van der Waals surface area contributed by atoms with Crippen LogP contribution in [0.1, 0.15) is 70.2 Å². The van der Waals surface area contributed by atoms with E-state index in [1.54, 1.807) is 18.2 Å². The maximum atomic E-state index is 14.8. The average Bonchev–Trinajstić information content (AvgIpc) is 3.63. The number of halogens is 3. The summed E-state index contributed by atoms with van der Waals surface area (Å²) in [7, 11) is 0. The van der Waals surface area contributed by atoms with Gasteiger partial charge in [0.15, 0.2) is 0 Å². The van der Waals surface area contributed by atoms with E-state index in [0.29, 0.717) is 22.9 Å². The van der Waals surface area contributed by atoms with Crippen molar-refractivity contribution < 1.29 is 13.9 Å². The predicted molar refractivity (Wildman–Crippen MR) is 148 cm³/mol. The van der Waals surface area contributed by atoms with Crippen LogP contribution in [0.15, 0.2) is 55.1 Å². The second-order valence-corrected chi connectivity index (χ2v) is 13.7. The lowest BCUT2D eigenvalue weighted by atomic mass is 9.85. The summed E-state index contributed by atoms with van der Waals surface area (Å²) in [5, 5.41) is 0.624. The van der Waals surface area contributed by atoms with E-state index in [0.717, 1.165) is 24.2 Å². The van der Waals surface area contributed by atoms with Crippen molar-refractivity contribution in [2.75, 3.05) is 5.75 Å². The molecule has 4 atom stereocenters. The zero-order valence-corrected chi connectivity index (χ0v) is 23.6. The van der Waals surface area contributed by atoms with Crippen LogP contribution in [0.4, 0.5) is 4.39 Å². The van der Waals surface area contributed by atoms with Crippen molar-refractivity contribution >= 4 is 40.9 Å². The van der Waals surface area contributed by atoms with Gasteiger partial charge in [0.05, 0.1) is 11.1 Å². The van der Waals surface area contributed by atoms with E-state index in [2.05, 4.69) is 27.4 Å². The van der Waals surface area contributed by atoms with Gasteiger partial charge in [-0.2, -0.15) is 11.8 Å². The lowest BCUT2D eigenvalue weighted by Crippen LogP contribution is -2.61. The number of thioether (sulfide) groups is 1. The molecular formula is C29H34Cl2FNO2S. The third-order valence-electron chi connectivity index (χ3n) is 6.87. The second kappa shape index (κ2) is 10.7. The van der Waals surface area contributed by atoms with Crippen molar-refractivity contribution in [1.82, 2.24) is 4.90 Å². The summed E-state index contributed by atoms with van der Waals surface area (Å²) in [5.41, 5.74) is 0.395. The zero-order chi connectivity index (χ0) is 26.3. The van der Waals surface area contributed by atoms with Gasteiger partial charge in [-0.25, -0.2) is 4.39 Å². The molecule has 1 amide bonds. The Bertz CT molecular complexity index is 1130. The fourth-order valence-corrected chi connectivity index (χ4v) is 6.35. The Morgan fingerprint density at radius 2 is 1.94 bits per heavy atom. The van der Waals surface area contributed by atoms with Gasteiger partial charge in [-0.15, -0.1) is 6.58 Å². The number of carbonyl (C=O) groups is 1. The van der Waals surface area contributed by atoms with E-state index >= 15 is 0 Å². The molecule has 2 aromatic rings. The first kappa shape index (κ1) is 27.5. The van der Waals surface area contributed by atoms with Crippen LogP contribution in [0.2, 0.25) is 10.0 Å². The van der Waals surface area contributed by atoms with Gasteiger partial charge in [0, 0.05) is 28.0 Å². The van der Waals surface area contributed by atoms with E-state index in [9.17, 15) is 9.18 Å². The lowest BCUT2D eigenvalue weighted by Gasteiger charge is -2.52. The van der Waals surface area contributed by atoms with Gasteiger partial charge < -0.3 is 9.64 Å². The molecule has 2 fully saturated rings. The Labute approximate surface area is 228 Å². The molecule has 2 aliphatic rings.